The lowest BCUT2D eigenvalue weighted by molar-refractivity contribution is 0.112. The highest BCUT2D eigenvalue weighted by molar-refractivity contribution is 6.47. The number of nitrogen functional groups attached to an aromatic ring is 1. The molecular weight excluding hydrogens is 244 g/mol. The molecular formula is C9H6Cl3NO. The van der Waals surface area contributed by atoms with Crippen LogP contribution in [-0.2, 0) is 0 Å². The fourth-order valence-corrected chi connectivity index (χ4v) is 1.80. The second-order valence-corrected chi connectivity index (χ2v) is 3.64. The van der Waals surface area contributed by atoms with Crippen molar-refractivity contribution in [3.63, 3.8) is 0 Å². The first kappa shape index (κ1) is 11.4. The van der Waals surface area contributed by atoms with Crippen LogP contribution in [0.1, 0.15) is 15.9 Å². The zero-order chi connectivity index (χ0) is 10.9. The Morgan fingerprint density at radius 2 is 1.64 bits per heavy atom. The summed E-state index contributed by atoms with van der Waals surface area (Å²) in [6.07, 6.45) is 1.97. The van der Waals surface area contributed by atoms with Gasteiger partial charge in [0.15, 0.2) is 6.29 Å². The lowest BCUT2D eigenvalue weighted by Crippen LogP contribution is -1.97. The van der Waals surface area contributed by atoms with E-state index in [1.165, 1.54) is 6.08 Å². The van der Waals surface area contributed by atoms with Gasteiger partial charge in [0.1, 0.15) is 0 Å². The number of benzene rings is 1. The highest BCUT2D eigenvalue weighted by Gasteiger charge is 2.17. The van der Waals surface area contributed by atoms with Crippen LogP contribution in [0.2, 0.25) is 15.1 Å². The Bertz CT molecular complexity index is 376. The van der Waals surface area contributed by atoms with Gasteiger partial charge in [0, 0.05) is 11.1 Å². The zero-order valence-electron chi connectivity index (χ0n) is 6.98. The molecule has 0 aliphatic carbocycles. The molecule has 0 saturated heterocycles. The molecule has 1 rings (SSSR count). The molecule has 0 amide bonds. The van der Waals surface area contributed by atoms with Gasteiger partial charge in [-0.3, -0.25) is 4.79 Å². The van der Waals surface area contributed by atoms with Gasteiger partial charge in [0.2, 0.25) is 0 Å². The maximum absolute atomic E-state index is 10.7. The SMILES string of the molecule is C=Cc1c(Cl)c(Cl)c(N)c(Cl)c1C=O. The number of carbonyl (C=O) groups excluding carboxylic acids is 1. The molecule has 2 nitrogen and oxygen atoms in total. The first-order chi connectivity index (χ1) is 6.54. The van der Waals surface area contributed by atoms with Gasteiger partial charge >= 0.3 is 0 Å². The number of halogens is 3. The molecule has 0 spiro atoms. The van der Waals surface area contributed by atoms with E-state index in [0.717, 1.165) is 0 Å². The van der Waals surface area contributed by atoms with Gasteiger partial charge in [-0.1, -0.05) is 47.5 Å². The first-order valence-corrected chi connectivity index (χ1v) is 4.71. The Balaban J connectivity index is 3.73. The molecule has 1 aromatic carbocycles. The predicted molar refractivity (Wildman–Crippen MR) is 61.4 cm³/mol. The van der Waals surface area contributed by atoms with Crippen molar-refractivity contribution in [1.29, 1.82) is 0 Å². The topological polar surface area (TPSA) is 43.1 Å². The molecule has 0 aromatic heterocycles. The van der Waals surface area contributed by atoms with E-state index in [4.69, 9.17) is 40.5 Å². The van der Waals surface area contributed by atoms with Gasteiger partial charge in [-0.2, -0.15) is 0 Å². The van der Waals surface area contributed by atoms with Gasteiger partial charge in [-0.15, -0.1) is 0 Å². The van der Waals surface area contributed by atoms with E-state index in [2.05, 4.69) is 6.58 Å². The summed E-state index contributed by atoms with van der Waals surface area (Å²) in [5, 5.41) is 0.423. The number of hydrogen-bond donors (Lipinski definition) is 1. The predicted octanol–water partition coefficient (Wildman–Crippen LogP) is 3.68. The average molecular weight is 251 g/mol. The number of nitrogens with two attached hydrogens (primary N) is 1. The van der Waals surface area contributed by atoms with Crippen LogP contribution < -0.4 is 5.73 Å². The van der Waals surface area contributed by atoms with Crippen LogP contribution in [0.5, 0.6) is 0 Å². The molecule has 0 bridgehead atoms. The van der Waals surface area contributed by atoms with E-state index in [0.29, 0.717) is 11.8 Å². The monoisotopic (exact) mass is 249 g/mol. The summed E-state index contributed by atoms with van der Waals surface area (Å²) in [7, 11) is 0. The van der Waals surface area contributed by atoms with E-state index < -0.39 is 0 Å². The van der Waals surface area contributed by atoms with Crippen LogP contribution in [0.3, 0.4) is 0 Å². The fourth-order valence-electron chi connectivity index (χ4n) is 1.03. The average Bonchev–Trinajstić information content (AvgIpc) is 2.20. The molecule has 0 saturated carbocycles. The molecule has 0 heterocycles. The number of anilines is 1. The molecule has 2 N–H and O–H groups in total. The van der Waals surface area contributed by atoms with E-state index in [1.807, 2.05) is 0 Å². The summed E-state index contributed by atoms with van der Waals surface area (Å²) < 4.78 is 0. The second-order valence-electron chi connectivity index (χ2n) is 2.50. The molecule has 0 atom stereocenters. The quantitative estimate of drug-likeness (QED) is 0.494. The van der Waals surface area contributed by atoms with Gasteiger partial charge < -0.3 is 5.73 Å². The molecule has 0 radical (unpaired) electrons. The number of rotatable bonds is 2. The Kier molecular flexibility index (Phi) is 3.43. The molecule has 14 heavy (non-hydrogen) atoms. The van der Waals surface area contributed by atoms with Gasteiger partial charge in [0.25, 0.3) is 0 Å². The molecule has 0 fully saturated rings. The molecule has 0 aliphatic heterocycles. The zero-order valence-corrected chi connectivity index (χ0v) is 9.25. The van der Waals surface area contributed by atoms with Gasteiger partial charge in [-0.05, 0) is 0 Å². The lowest BCUT2D eigenvalue weighted by Gasteiger charge is -2.10. The maximum Gasteiger partial charge on any atom is 0.152 e. The highest BCUT2D eigenvalue weighted by Crippen LogP contribution is 2.39. The van der Waals surface area contributed by atoms with E-state index in [1.54, 1.807) is 0 Å². The van der Waals surface area contributed by atoms with E-state index in [9.17, 15) is 4.79 Å². The Morgan fingerprint density at radius 3 is 2.07 bits per heavy atom. The lowest BCUT2D eigenvalue weighted by atomic mass is 10.1. The summed E-state index contributed by atoms with van der Waals surface area (Å²) in [6, 6.07) is 0. The Labute approximate surface area is 96.2 Å². The molecule has 0 unspecified atom stereocenters. The first-order valence-electron chi connectivity index (χ1n) is 3.58. The summed E-state index contributed by atoms with van der Waals surface area (Å²) >= 11 is 17.5. The van der Waals surface area contributed by atoms with E-state index in [-0.39, 0.29) is 26.3 Å². The highest BCUT2D eigenvalue weighted by atomic mass is 35.5. The summed E-state index contributed by atoms with van der Waals surface area (Å²) in [4.78, 5) is 10.7. The van der Waals surface area contributed by atoms with Crippen LogP contribution in [0, 0.1) is 0 Å². The van der Waals surface area contributed by atoms with Crippen molar-refractivity contribution in [1.82, 2.24) is 0 Å². The molecule has 1 aromatic rings. The largest absolute Gasteiger partial charge is 0.396 e. The number of hydrogen-bond acceptors (Lipinski definition) is 2. The maximum atomic E-state index is 10.7. The van der Waals surface area contributed by atoms with Crippen LogP contribution in [0.4, 0.5) is 5.69 Å². The third-order valence-electron chi connectivity index (χ3n) is 1.75. The number of carbonyl (C=O) groups is 1. The molecule has 0 aliphatic rings. The molecule has 74 valence electrons. The smallest absolute Gasteiger partial charge is 0.152 e. The minimum Gasteiger partial charge on any atom is -0.396 e. The van der Waals surface area contributed by atoms with Gasteiger partial charge in [0.05, 0.1) is 20.8 Å². The van der Waals surface area contributed by atoms with Crippen molar-refractivity contribution in [3.05, 3.63) is 32.8 Å². The standard InChI is InChI=1S/C9H6Cl3NO/c1-2-4-5(3-14)7(11)9(13)8(12)6(4)10/h2-3H,1,13H2. The third kappa shape index (κ3) is 1.61. The van der Waals surface area contributed by atoms with E-state index >= 15 is 0 Å². The van der Waals surface area contributed by atoms with Crippen LogP contribution in [0.25, 0.3) is 6.08 Å². The van der Waals surface area contributed by atoms with Gasteiger partial charge in [-0.25, -0.2) is 0 Å². The second kappa shape index (κ2) is 4.22. The normalized spacial score (nSPS) is 9.93. The molecule has 5 heteroatoms. The minimum atomic E-state index is 0.101. The minimum absolute atomic E-state index is 0.101. The Morgan fingerprint density at radius 1 is 1.07 bits per heavy atom. The van der Waals surface area contributed by atoms with Crippen molar-refractivity contribution in [2.24, 2.45) is 0 Å². The van der Waals surface area contributed by atoms with Crippen LogP contribution in [0.15, 0.2) is 6.58 Å². The third-order valence-corrected chi connectivity index (χ3v) is 3.04. The summed E-state index contributed by atoms with van der Waals surface area (Å²) in [5.74, 6) is 0. The van der Waals surface area contributed by atoms with Crippen molar-refractivity contribution in [3.8, 4) is 0 Å². The Hall–Kier alpha value is -0.700. The fraction of sp³-hybridized carbons (Fsp3) is 0. The van der Waals surface area contributed by atoms with Crippen molar-refractivity contribution < 1.29 is 4.79 Å². The number of aldehydes is 1. The van der Waals surface area contributed by atoms with Crippen LogP contribution in [-0.4, -0.2) is 6.29 Å². The summed E-state index contributed by atoms with van der Waals surface area (Å²) in [5.41, 5.74) is 6.24. The van der Waals surface area contributed by atoms with Crippen LogP contribution >= 0.6 is 34.8 Å². The summed E-state index contributed by atoms with van der Waals surface area (Å²) in [6.45, 7) is 3.51. The van der Waals surface area contributed by atoms with Crippen molar-refractivity contribution in [2.45, 2.75) is 0 Å². The van der Waals surface area contributed by atoms with Crippen molar-refractivity contribution >= 4 is 52.9 Å². The van der Waals surface area contributed by atoms with Crippen molar-refractivity contribution in [2.75, 3.05) is 5.73 Å².